The molecule has 0 radical (unpaired) electrons. The Balaban J connectivity index is 2.10. The van der Waals surface area contributed by atoms with E-state index in [1.54, 1.807) is 19.9 Å². The van der Waals surface area contributed by atoms with Gasteiger partial charge in [-0.15, -0.1) is 11.8 Å². The molecule has 10 nitrogen and oxygen atoms in total. The van der Waals surface area contributed by atoms with Gasteiger partial charge >= 0.3 is 5.97 Å². The third-order valence-electron chi connectivity index (χ3n) is 5.67. The second kappa shape index (κ2) is 15.0. The minimum Gasteiger partial charge on any atom is -0.497 e. The zero-order valence-corrected chi connectivity index (χ0v) is 22.6. The number of aliphatic carboxylic acids is 1. The normalized spacial score (nSPS) is 13.2. The van der Waals surface area contributed by atoms with Crippen LogP contribution >= 0.6 is 11.8 Å². The number of aliphatic hydroxyl groups excluding tert-OH is 1. The third kappa shape index (κ3) is 9.07. The number of methoxy groups -OCH3 is 2. The molecule has 0 spiro atoms. The summed E-state index contributed by atoms with van der Waals surface area (Å²) >= 11 is 1.31. The topological polar surface area (TPSA) is 151 Å². The molecule has 3 atom stereocenters. The van der Waals surface area contributed by atoms with Crippen LogP contribution in [0, 0.1) is 5.92 Å². The average molecular weight is 547 g/mol. The van der Waals surface area contributed by atoms with Crippen molar-refractivity contribution in [1.29, 1.82) is 0 Å². The Labute approximate surface area is 226 Å². The van der Waals surface area contributed by atoms with E-state index in [4.69, 9.17) is 9.47 Å². The van der Waals surface area contributed by atoms with Gasteiger partial charge in [-0.05, 0) is 29.7 Å². The Morgan fingerprint density at radius 2 is 1.63 bits per heavy atom. The van der Waals surface area contributed by atoms with E-state index in [0.29, 0.717) is 11.5 Å². The molecule has 0 saturated heterocycles. The predicted molar refractivity (Wildman–Crippen MR) is 143 cm³/mol. The van der Waals surface area contributed by atoms with E-state index in [9.17, 15) is 29.4 Å². The van der Waals surface area contributed by atoms with Crippen molar-refractivity contribution in [1.82, 2.24) is 10.6 Å². The molecule has 2 aromatic rings. The molecule has 0 bridgehead atoms. The Hall–Kier alpha value is -3.57. The standard InChI is InChI=1S/C27H34N2O8S/c1-16(2)24(29-27(35)25(33)19-12-18(36-3)10-11-22(19)37-4)26(34)28-20(13-23(31)32)21(30)15-38-14-17-8-6-5-7-9-17/h5-12,16,20,24-25,33H,13-15H2,1-4H3,(H,28,34)(H,29,35)(H,31,32)/t20-,24-,25+/m0/s1. The highest BCUT2D eigenvalue weighted by Gasteiger charge is 2.32. The number of aliphatic hydroxyl groups is 1. The van der Waals surface area contributed by atoms with E-state index in [0.717, 1.165) is 5.56 Å². The van der Waals surface area contributed by atoms with E-state index in [1.165, 1.54) is 38.1 Å². The van der Waals surface area contributed by atoms with Gasteiger partial charge < -0.3 is 30.3 Å². The highest BCUT2D eigenvalue weighted by Crippen LogP contribution is 2.29. The number of carbonyl (C=O) groups is 4. The molecular formula is C27H34N2O8S. The maximum absolute atomic E-state index is 13.1. The number of amides is 2. The monoisotopic (exact) mass is 546 g/mol. The number of hydrogen-bond acceptors (Lipinski definition) is 8. The summed E-state index contributed by atoms with van der Waals surface area (Å²) in [6.07, 6.45) is -2.28. The Bertz CT molecular complexity index is 1110. The predicted octanol–water partition coefficient (Wildman–Crippen LogP) is 2.34. The molecule has 0 saturated carbocycles. The first-order chi connectivity index (χ1) is 18.1. The summed E-state index contributed by atoms with van der Waals surface area (Å²) in [4.78, 5) is 50.2. The number of carboxylic acid groups (broad SMARTS) is 1. The maximum Gasteiger partial charge on any atom is 0.305 e. The summed E-state index contributed by atoms with van der Waals surface area (Å²) in [5.74, 6) is -2.54. The molecule has 206 valence electrons. The zero-order valence-electron chi connectivity index (χ0n) is 21.8. The Morgan fingerprint density at radius 1 is 0.947 bits per heavy atom. The van der Waals surface area contributed by atoms with Gasteiger partial charge in [0.1, 0.15) is 17.5 Å². The van der Waals surface area contributed by atoms with Gasteiger partial charge in [0.25, 0.3) is 5.91 Å². The SMILES string of the molecule is COc1ccc(OC)c([C@@H](O)C(=O)N[C@H](C(=O)N[C@@H](CC(=O)O)C(=O)CSCc2ccccc2)C(C)C)c1. The fourth-order valence-corrected chi connectivity index (χ4v) is 4.52. The quantitative estimate of drug-likeness (QED) is 0.264. The molecule has 0 unspecified atom stereocenters. The summed E-state index contributed by atoms with van der Waals surface area (Å²) in [7, 11) is 2.82. The molecule has 2 aromatic carbocycles. The third-order valence-corrected chi connectivity index (χ3v) is 6.69. The van der Waals surface area contributed by atoms with Crippen molar-refractivity contribution in [3.05, 3.63) is 59.7 Å². The van der Waals surface area contributed by atoms with Gasteiger partial charge in [0.05, 0.1) is 32.4 Å². The van der Waals surface area contributed by atoms with Crippen LogP contribution in [0.2, 0.25) is 0 Å². The summed E-state index contributed by atoms with van der Waals surface area (Å²) in [5.41, 5.74) is 1.15. The fourth-order valence-electron chi connectivity index (χ4n) is 3.59. The molecule has 2 rings (SSSR count). The first-order valence-electron chi connectivity index (χ1n) is 11.9. The van der Waals surface area contributed by atoms with Crippen molar-refractivity contribution >= 4 is 35.3 Å². The van der Waals surface area contributed by atoms with Gasteiger partial charge in [-0.2, -0.15) is 0 Å². The van der Waals surface area contributed by atoms with E-state index >= 15 is 0 Å². The van der Waals surface area contributed by atoms with Crippen LogP contribution in [0.25, 0.3) is 0 Å². The lowest BCUT2D eigenvalue weighted by atomic mass is 10.0. The van der Waals surface area contributed by atoms with Gasteiger partial charge in [0.15, 0.2) is 11.9 Å². The van der Waals surface area contributed by atoms with E-state index < -0.39 is 54.1 Å². The van der Waals surface area contributed by atoms with Crippen LogP contribution in [-0.4, -0.2) is 65.8 Å². The number of hydrogen-bond donors (Lipinski definition) is 4. The molecule has 0 aromatic heterocycles. The van der Waals surface area contributed by atoms with Crippen molar-refractivity contribution in [3.8, 4) is 11.5 Å². The summed E-state index contributed by atoms with van der Waals surface area (Å²) in [6.45, 7) is 3.35. The summed E-state index contributed by atoms with van der Waals surface area (Å²) in [5, 5.41) is 25.0. The van der Waals surface area contributed by atoms with E-state index in [2.05, 4.69) is 10.6 Å². The first-order valence-corrected chi connectivity index (χ1v) is 13.1. The number of nitrogens with one attached hydrogen (secondary N) is 2. The van der Waals surface area contributed by atoms with Crippen molar-refractivity contribution in [3.63, 3.8) is 0 Å². The molecule has 11 heteroatoms. The largest absolute Gasteiger partial charge is 0.497 e. The van der Waals surface area contributed by atoms with Gasteiger partial charge in [-0.3, -0.25) is 19.2 Å². The Morgan fingerprint density at radius 3 is 2.21 bits per heavy atom. The summed E-state index contributed by atoms with van der Waals surface area (Å²) in [6, 6.07) is 11.7. The molecule has 38 heavy (non-hydrogen) atoms. The second-order valence-electron chi connectivity index (χ2n) is 8.84. The number of thioether (sulfide) groups is 1. The lowest BCUT2D eigenvalue weighted by Crippen LogP contribution is -2.55. The maximum atomic E-state index is 13.1. The van der Waals surface area contributed by atoms with Gasteiger partial charge in [0, 0.05) is 11.3 Å². The van der Waals surface area contributed by atoms with Crippen LogP contribution in [0.3, 0.4) is 0 Å². The van der Waals surface area contributed by atoms with Crippen LogP contribution in [0.5, 0.6) is 11.5 Å². The average Bonchev–Trinajstić information content (AvgIpc) is 2.90. The van der Waals surface area contributed by atoms with Crippen molar-refractivity contribution < 1.29 is 38.9 Å². The highest BCUT2D eigenvalue weighted by molar-refractivity contribution is 7.99. The second-order valence-corrected chi connectivity index (χ2v) is 9.83. The number of carbonyl (C=O) groups excluding carboxylic acids is 3. The minimum absolute atomic E-state index is 0.000173. The van der Waals surface area contributed by atoms with Crippen LogP contribution in [0.1, 0.15) is 37.5 Å². The zero-order chi connectivity index (χ0) is 28.2. The summed E-state index contributed by atoms with van der Waals surface area (Å²) < 4.78 is 10.4. The van der Waals surface area contributed by atoms with Gasteiger partial charge in [-0.25, -0.2) is 0 Å². The molecule has 0 aliphatic heterocycles. The van der Waals surface area contributed by atoms with Crippen molar-refractivity contribution in [2.45, 2.75) is 44.2 Å². The lowest BCUT2D eigenvalue weighted by molar-refractivity contribution is -0.140. The number of carboxylic acids is 1. The van der Waals surface area contributed by atoms with Crippen molar-refractivity contribution in [2.24, 2.45) is 5.92 Å². The smallest absolute Gasteiger partial charge is 0.305 e. The number of Topliss-reactive ketones (excluding diaryl/α,β-unsaturated/α-hetero) is 1. The van der Waals surface area contributed by atoms with Crippen molar-refractivity contribution in [2.75, 3.05) is 20.0 Å². The minimum atomic E-state index is -1.68. The molecule has 0 heterocycles. The Kier molecular flexibility index (Phi) is 12.1. The van der Waals surface area contributed by atoms with E-state index in [-0.39, 0.29) is 17.1 Å². The van der Waals surface area contributed by atoms with Crippen LogP contribution in [-0.2, 0) is 24.9 Å². The van der Waals surface area contributed by atoms with Gasteiger partial charge in [-0.1, -0.05) is 44.2 Å². The molecule has 4 N–H and O–H groups in total. The fraction of sp³-hybridized carbons (Fsp3) is 0.407. The van der Waals surface area contributed by atoms with Crippen LogP contribution < -0.4 is 20.1 Å². The number of rotatable bonds is 15. The number of benzene rings is 2. The molecule has 0 aliphatic carbocycles. The van der Waals surface area contributed by atoms with Crippen LogP contribution in [0.15, 0.2) is 48.5 Å². The first kappa shape index (κ1) is 30.7. The van der Waals surface area contributed by atoms with Crippen LogP contribution in [0.4, 0.5) is 0 Å². The highest BCUT2D eigenvalue weighted by atomic mass is 32.2. The number of ketones is 1. The number of ether oxygens (including phenoxy) is 2. The lowest BCUT2D eigenvalue weighted by Gasteiger charge is -2.26. The van der Waals surface area contributed by atoms with Gasteiger partial charge in [0.2, 0.25) is 5.91 Å². The molecular weight excluding hydrogens is 512 g/mol. The van der Waals surface area contributed by atoms with E-state index in [1.807, 2.05) is 30.3 Å². The molecule has 0 fully saturated rings. The molecule has 2 amide bonds. The molecule has 0 aliphatic rings.